The van der Waals surface area contributed by atoms with E-state index in [1.165, 1.54) is 0 Å². The number of pyridine rings is 1. The summed E-state index contributed by atoms with van der Waals surface area (Å²) in [4.78, 5) is 12.6. The van der Waals surface area contributed by atoms with Crippen LogP contribution in [0.3, 0.4) is 0 Å². The standard InChI is InChI=1S/C17H19BrNO3/c1-11-5-12(2)9-19(8-11)10-15(20)13-6-16(21-3)17(22-4)7-14(13)18/h5-9H,10H2,1-4H3/q+1. The molecule has 0 atom stereocenters. The van der Waals surface area contributed by atoms with Crippen molar-refractivity contribution in [1.29, 1.82) is 0 Å². The largest absolute Gasteiger partial charge is 0.493 e. The summed E-state index contributed by atoms with van der Waals surface area (Å²) in [6.45, 7) is 4.30. The van der Waals surface area contributed by atoms with Crippen LogP contribution < -0.4 is 14.0 Å². The molecule has 0 fully saturated rings. The van der Waals surface area contributed by atoms with Gasteiger partial charge in [-0.1, -0.05) is 0 Å². The van der Waals surface area contributed by atoms with Crippen LogP contribution in [0.4, 0.5) is 0 Å². The average molecular weight is 365 g/mol. The van der Waals surface area contributed by atoms with E-state index in [1.807, 2.05) is 30.8 Å². The maximum Gasteiger partial charge on any atom is 0.228 e. The third-order valence-electron chi connectivity index (χ3n) is 3.29. The molecule has 0 aliphatic heterocycles. The maximum atomic E-state index is 12.6. The molecular formula is C17H19BrNO3+. The van der Waals surface area contributed by atoms with Crippen LogP contribution in [0.15, 0.2) is 35.1 Å². The number of nitrogens with zero attached hydrogens (tertiary/aromatic N) is 1. The summed E-state index contributed by atoms with van der Waals surface area (Å²) < 4.78 is 13.1. The SMILES string of the molecule is COc1cc(Br)c(C(=O)C[n+]2cc(C)cc(C)c2)cc1OC. The van der Waals surface area contributed by atoms with Gasteiger partial charge in [-0.25, -0.2) is 0 Å². The predicted molar refractivity (Wildman–Crippen MR) is 87.7 cm³/mol. The minimum atomic E-state index is 0.00262. The summed E-state index contributed by atoms with van der Waals surface area (Å²) in [7, 11) is 3.12. The van der Waals surface area contributed by atoms with E-state index in [0.29, 0.717) is 21.5 Å². The van der Waals surface area contributed by atoms with E-state index in [-0.39, 0.29) is 12.3 Å². The second-order valence-corrected chi connectivity index (χ2v) is 6.03. The Bertz CT molecular complexity index is 693. The number of hydrogen-bond acceptors (Lipinski definition) is 3. The molecular weight excluding hydrogens is 346 g/mol. The molecule has 0 unspecified atom stereocenters. The van der Waals surface area contributed by atoms with E-state index in [4.69, 9.17) is 9.47 Å². The normalized spacial score (nSPS) is 10.4. The number of benzene rings is 1. The van der Waals surface area contributed by atoms with Crippen LogP contribution in [0.5, 0.6) is 11.5 Å². The number of carbonyl (C=O) groups excluding carboxylic acids is 1. The second kappa shape index (κ2) is 6.92. The van der Waals surface area contributed by atoms with Gasteiger partial charge < -0.3 is 9.47 Å². The lowest BCUT2D eigenvalue weighted by molar-refractivity contribution is -0.683. The van der Waals surface area contributed by atoms with E-state index in [2.05, 4.69) is 22.0 Å². The van der Waals surface area contributed by atoms with Crippen LogP contribution >= 0.6 is 15.9 Å². The van der Waals surface area contributed by atoms with Gasteiger partial charge in [0.05, 0.1) is 14.2 Å². The maximum absolute atomic E-state index is 12.6. The number of Topliss-reactive ketones (excluding diaryl/α,β-unsaturated/α-hetero) is 1. The summed E-state index contributed by atoms with van der Waals surface area (Å²) >= 11 is 3.43. The van der Waals surface area contributed by atoms with Crippen LogP contribution in [0.25, 0.3) is 0 Å². The number of aromatic nitrogens is 1. The van der Waals surface area contributed by atoms with E-state index < -0.39 is 0 Å². The van der Waals surface area contributed by atoms with Gasteiger partial charge in [-0.05, 0) is 48.0 Å². The highest BCUT2D eigenvalue weighted by Crippen LogP contribution is 2.33. The molecule has 0 radical (unpaired) electrons. The van der Waals surface area contributed by atoms with Crippen molar-refractivity contribution < 1.29 is 18.8 Å². The van der Waals surface area contributed by atoms with Crippen molar-refractivity contribution in [2.24, 2.45) is 0 Å². The minimum absolute atomic E-state index is 0.00262. The predicted octanol–water partition coefficient (Wildman–Crippen LogP) is 3.25. The van der Waals surface area contributed by atoms with Crippen molar-refractivity contribution in [3.8, 4) is 11.5 Å². The van der Waals surface area contributed by atoms with E-state index in [0.717, 1.165) is 11.1 Å². The number of hydrogen-bond donors (Lipinski definition) is 0. The quantitative estimate of drug-likeness (QED) is 0.603. The molecule has 0 spiro atoms. The van der Waals surface area contributed by atoms with Crippen molar-refractivity contribution in [2.45, 2.75) is 20.4 Å². The lowest BCUT2D eigenvalue weighted by atomic mass is 10.1. The first-order valence-electron chi connectivity index (χ1n) is 6.86. The van der Waals surface area contributed by atoms with Gasteiger partial charge in [-0.15, -0.1) is 0 Å². The summed E-state index contributed by atoms with van der Waals surface area (Å²) in [6.07, 6.45) is 3.92. The number of ketones is 1. The monoisotopic (exact) mass is 364 g/mol. The highest BCUT2D eigenvalue weighted by Gasteiger charge is 2.19. The van der Waals surface area contributed by atoms with Gasteiger partial charge in [0.1, 0.15) is 0 Å². The highest BCUT2D eigenvalue weighted by molar-refractivity contribution is 9.10. The molecule has 1 aromatic heterocycles. The average Bonchev–Trinajstić information content (AvgIpc) is 2.45. The molecule has 5 heteroatoms. The van der Waals surface area contributed by atoms with Crippen molar-refractivity contribution in [2.75, 3.05) is 14.2 Å². The van der Waals surface area contributed by atoms with Crippen LogP contribution in [-0.2, 0) is 6.54 Å². The molecule has 0 aliphatic carbocycles. The van der Waals surface area contributed by atoms with E-state index in [9.17, 15) is 4.79 Å². The third kappa shape index (κ3) is 3.65. The molecule has 0 bridgehead atoms. The molecule has 1 aromatic carbocycles. The van der Waals surface area contributed by atoms with Gasteiger partial charge in [0.15, 0.2) is 23.9 Å². The first-order valence-corrected chi connectivity index (χ1v) is 7.66. The molecule has 0 aliphatic rings. The van der Waals surface area contributed by atoms with Gasteiger partial charge in [-0.3, -0.25) is 4.79 Å². The number of rotatable bonds is 5. The Morgan fingerprint density at radius 2 is 1.59 bits per heavy atom. The molecule has 2 rings (SSSR count). The van der Waals surface area contributed by atoms with Gasteiger partial charge in [0.25, 0.3) is 0 Å². The molecule has 116 valence electrons. The lowest BCUT2D eigenvalue weighted by Gasteiger charge is -2.10. The zero-order valence-electron chi connectivity index (χ0n) is 13.1. The fraction of sp³-hybridized carbons (Fsp3) is 0.294. The zero-order valence-corrected chi connectivity index (χ0v) is 14.7. The Labute approximate surface area is 138 Å². The molecule has 0 saturated heterocycles. The second-order valence-electron chi connectivity index (χ2n) is 5.17. The molecule has 22 heavy (non-hydrogen) atoms. The Morgan fingerprint density at radius 1 is 1.05 bits per heavy atom. The van der Waals surface area contributed by atoms with Gasteiger partial charge in [-0.2, -0.15) is 4.57 Å². The molecule has 1 heterocycles. The van der Waals surface area contributed by atoms with Crippen molar-refractivity contribution in [3.63, 3.8) is 0 Å². The summed E-state index contributed by atoms with van der Waals surface area (Å²) in [5.41, 5.74) is 2.82. The minimum Gasteiger partial charge on any atom is -0.493 e. The number of carbonyl (C=O) groups is 1. The first-order chi connectivity index (χ1) is 10.4. The van der Waals surface area contributed by atoms with Crippen molar-refractivity contribution in [1.82, 2.24) is 0 Å². The zero-order chi connectivity index (χ0) is 16.3. The summed E-state index contributed by atoms with van der Waals surface area (Å²) in [5, 5.41) is 0. The highest BCUT2D eigenvalue weighted by atomic mass is 79.9. The van der Waals surface area contributed by atoms with Crippen LogP contribution in [0.1, 0.15) is 21.5 Å². The molecule has 4 nitrogen and oxygen atoms in total. The Balaban J connectivity index is 2.33. The number of ether oxygens (including phenoxy) is 2. The fourth-order valence-corrected chi connectivity index (χ4v) is 2.95. The molecule has 2 aromatic rings. The molecule has 0 amide bonds. The van der Waals surface area contributed by atoms with Gasteiger partial charge >= 0.3 is 0 Å². The van der Waals surface area contributed by atoms with Crippen molar-refractivity contribution >= 4 is 21.7 Å². The first kappa shape index (κ1) is 16.5. The van der Waals surface area contributed by atoms with E-state index in [1.54, 1.807) is 26.4 Å². The Kier molecular flexibility index (Phi) is 5.19. The number of aryl methyl sites for hydroxylation is 2. The fourth-order valence-electron chi connectivity index (χ4n) is 2.40. The summed E-state index contributed by atoms with van der Waals surface area (Å²) in [5.74, 6) is 1.13. The molecule has 0 saturated carbocycles. The van der Waals surface area contributed by atoms with Crippen LogP contribution in [-0.4, -0.2) is 20.0 Å². The third-order valence-corrected chi connectivity index (χ3v) is 3.95. The summed E-state index contributed by atoms with van der Waals surface area (Å²) in [6, 6.07) is 5.53. The topological polar surface area (TPSA) is 39.4 Å². The van der Waals surface area contributed by atoms with Crippen LogP contribution in [0.2, 0.25) is 0 Å². The number of methoxy groups -OCH3 is 2. The van der Waals surface area contributed by atoms with Crippen LogP contribution in [0, 0.1) is 13.8 Å². The van der Waals surface area contributed by atoms with Gasteiger partial charge in [0, 0.05) is 21.2 Å². The lowest BCUT2D eigenvalue weighted by Crippen LogP contribution is -2.38. The molecule has 0 N–H and O–H groups in total. The van der Waals surface area contributed by atoms with E-state index >= 15 is 0 Å². The smallest absolute Gasteiger partial charge is 0.228 e. The Morgan fingerprint density at radius 3 is 2.14 bits per heavy atom. The Hall–Kier alpha value is -1.88. The van der Waals surface area contributed by atoms with Gasteiger partial charge in [0.2, 0.25) is 12.3 Å². The number of halogens is 1. The van der Waals surface area contributed by atoms with Crippen molar-refractivity contribution in [3.05, 3.63) is 51.8 Å².